The molecular formula is C16H14O3. The number of allylic oxidation sites excluding steroid dienone is 1. The van der Waals surface area contributed by atoms with Crippen molar-refractivity contribution in [2.75, 3.05) is 0 Å². The monoisotopic (exact) mass is 254 g/mol. The predicted molar refractivity (Wildman–Crippen MR) is 74.5 cm³/mol. The van der Waals surface area contributed by atoms with Crippen molar-refractivity contribution in [3.63, 3.8) is 0 Å². The van der Waals surface area contributed by atoms with Gasteiger partial charge in [-0.15, -0.1) is 0 Å². The number of hydrogen-bond donors (Lipinski definition) is 0. The van der Waals surface area contributed by atoms with Crippen LogP contribution < -0.4 is 4.74 Å². The number of benzene rings is 1. The molecule has 1 aliphatic rings. The number of furan rings is 1. The zero-order valence-electron chi connectivity index (χ0n) is 10.9. The second kappa shape index (κ2) is 3.85. The van der Waals surface area contributed by atoms with Gasteiger partial charge in [0.25, 0.3) is 0 Å². The molecule has 0 saturated carbocycles. The Morgan fingerprint density at radius 2 is 2.16 bits per heavy atom. The Labute approximate surface area is 111 Å². The van der Waals surface area contributed by atoms with E-state index in [1.807, 2.05) is 38.1 Å². The maximum absolute atomic E-state index is 11.6. The van der Waals surface area contributed by atoms with Gasteiger partial charge in [0.2, 0.25) is 5.78 Å². The second-order valence-electron chi connectivity index (χ2n) is 5.11. The molecule has 1 aromatic carbocycles. The summed E-state index contributed by atoms with van der Waals surface area (Å²) in [5.74, 6) is 0.856. The molecule has 0 unspecified atom stereocenters. The normalized spacial score (nSPS) is 15.9. The first-order chi connectivity index (χ1) is 9.00. The Morgan fingerprint density at radius 1 is 1.37 bits per heavy atom. The summed E-state index contributed by atoms with van der Waals surface area (Å²) in [5, 5.41) is 0.886. The van der Waals surface area contributed by atoms with E-state index in [4.69, 9.17) is 9.15 Å². The van der Waals surface area contributed by atoms with Crippen molar-refractivity contribution in [2.24, 2.45) is 0 Å². The minimum absolute atomic E-state index is 0.217. The first kappa shape index (κ1) is 11.8. The molecule has 0 aliphatic carbocycles. The fraction of sp³-hybridized carbons (Fsp3) is 0.188. The number of fused-ring (bicyclic) bond motifs is 3. The van der Waals surface area contributed by atoms with Crippen molar-refractivity contribution in [3.05, 3.63) is 48.3 Å². The number of carbonyl (C=O) groups is 1. The summed E-state index contributed by atoms with van der Waals surface area (Å²) < 4.78 is 11.5. The molecule has 0 radical (unpaired) electrons. The minimum atomic E-state index is -0.326. The highest BCUT2D eigenvalue weighted by Gasteiger charge is 2.24. The molecule has 2 heterocycles. The summed E-state index contributed by atoms with van der Waals surface area (Å²) in [6, 6.07) is 5.53. The van der Waals surface area contributed by atoms with Crippen molar-refractivity contribution >= 4 is 22.8 Å². The fourth-order valence-electron chi connectivity index (χ4n) is 2.18. The molecule has 0 N–H and O–H groups in total. The van der Waals surface area contributed by atoms with Gasteiger partial charge in [-0.05, 0) is 50.3 Å². The highest BCUT2D eigenvalue weighted by atomic mass is 16.5. The van der Waals surface area contributed by atoms with Crippen LogP contribution in [-0.4, -0.2) is 11.4 Å². The molecular weight excluding hydrogens is 240 g/mol. The molecule has 2 aromatic rings. The van der Waals surface area contributed by atoms with E-state index in [0.717, 1.165) is 16.7 Å². The fourth-order valence-corrected chi connectivity index (χ4v) is 2.18. The van der Waals surface area contributed by atoms with Gasteiger partial charge in [0.05, 0.1) is 5.56 Å². The Kier molecular flexibility index (Phi) is 2.39. The summed E-state index contributed by atoms with van der Waals surface area (Å²) in [5.41, 5.74) is 1.22. The first-order valence-electron chi connectivity index (χ1n) is 6.12. The highest BCUT2D eigenvalue weighted by molar-refractivity contribution is 6.05. The van der Waals surface area contributed by atoms with Gasteiger partial charge in [0, 0.05) is 5.39 Å². The summed E-state index contributed by atoms with van der Waals surface area (Å²) in [6.45, 7) is 7.45. The summed E-state index contributed by atoms with van der Waals surface area (Å²) in [6.07, 6.45) is 5.21. The maximum atomic E-state index is 11.6. The van der Waals surface area contributed by atoms with Crippen LogP contribution in [0.3, 0.4) is 0 Å². The van der Waals surface area contributed by atoms with Crippen LogP contribution in [0.4, 0.5) is 0 Å². The number of carbonyl (C=O) groups excluding carboxylic acids is 1. The molecule has 1 aliphatic heterocycles. The van der Waals surface area contributed by atoms with Gasteiger partial charge in [-0.1, -0.05) is 6.58 Å². The predicted octanol–water partition coefficient (Wildman–Crippen LogP) is 3.99. The molecule has 0 amide bonds. The van der Waals surface area contributed by atoms with Gasteiger partial charge in [0.1, 0.15) is 16.9 Å². The van der Waals surface area contributed by atoms with Gasteiger partial charge < -0.3 is 9.15 Å². The van der Waals surface area contributed by atoms with Crippen molar-refractivity contribution in [3.8, 4) is 5.75 Å². The summed E-state index contributed by atoms with van der Waals surface area (Å²) in [4.78, 5) is 11.6. The van der Waals surface area contributed by atoms with E-state index >= 15 is 0 Å². The maximum Gasteiger partial charge on any atom is 0.220 e. The van der Waals surface area contributed by atoms with Gasteiger partial charge >= 0.3 is 0 Å². The molecule has 0 atom stereocenters. The van der Waals surface area contributed by atoms with Crippen LogP contribution in [0.1, 0.15) is 30.0 Å². The molecule has 0 spiro atoms. The molecule has 3 heteroatoms. The lowest BCUT2D eigenvalue weighted by atomic mass is 10.0. The molecule has 3 nitrogen and oxygen atoms in total. The standard InChI is InChI=1S/C16H14O3/c1-4-12(17)14-9-10-5-6-13-11(15(10)18-14)7-8-16(2,3)19-13/h4-9H,1H2,2-3H3. The third-order valence-corrected chi connectivity index (χ3v) is 3.14. The lowest BCUT2D eigenvalue weighted by molar-refractivity contribution is 0.102. The highest BCUT2D eigenvalue weighted by Crippen LogP contribution is 2.37. The van der Waals surface area contributed by atoms with Crippen LogP contribution in [0.5, 0.6) is 5.75 Å². The van der Waals surface area contributed by atoms with E-state index in [9.17, 15) is 4.79 Å². The number of hydrogen-bond acceptors (Lipinski definition) is 3. The average Bonchev–Trinajstić information content (AvgIpc) is 2.80. The molecule has 1 aromatic heterocycles. The van der Waals surface area contributed by atoms with E-state index in [-0.39, 0.29) is 11.4 Å². The summed E-state index contributed by atoms with van der Waals surface area (Å²) >= 11 is 0. The lowest BCUT2D eigenvalue weighted by Crippen LogP contribution is -2.27. The zero-order chi connectivity index (χ0) is 13.6. The minimum Gasteiger partial charge on any atom is -0.483 e. The van der Waals surface area contributed by atoms with Gasteiger partial charge in [-0.2, -0.15) is 0 Å². The average molecular weight is 254 g/mol. The third kappa shape index (κ3) is 1.87. The molecule has 96 valence electrons. The van der Waals surface area contributed by atoms with E-state index < -0.39 is 0 Å². The molecule has 19 heavy (non-hydrogen) atoms. The Morgan fingerprint density at radius 3 is 2.89 bits per heavy atom. The first-order valence-corrected chi connectivity index (χ1v) is 6.12. The topological polar surface area (TPSA) is 39.4 Å². The van der Waals surface area contributed by atoms with Crippen molar-refractivity contribution in [1.29, 1.82) is 0 Å². The lowest BCUT2D eigenvalue weighted by Gasteiger charge is -2.27. The second-order valence-corrected chi connectivity index (χ2v) is 5.11. The van der Waals surface area contributed by atoms with E-state index in [0.29, 0.717) is 11.3 Å². The van der Waals surface area contributed by atoms with Crippen LogP contribution in [-0.2, 0) is 0 Å². The van der Waals surface area contributed by atoms with E-state index in [1.165, 1.54) is 6.08 Å². The Bertz CT molecular complexity index is 717. The molecule has 0 saturated heterocycles. The Hall–Kier alpha value is -2.29. The third-order valence-electron chi connectivity index (χ3n) is 3.14. The van der Waals surface area contributed by atoms with Crippen molar-refractivity contribution < 1.29 is 13.9 Å². The zero-order valence-corrected chi connectivity index (χ0v) is 10.9. The Balaban J connectivity index is 2.21. The van der Waals surface area contributed by atoms with E-state index in [2.05, 4.69) is 6.58 Å². The van der Waals surface area contributed by atoms with E-state index in [1.54, 1.807) is 6.07 Å². The smallest absolute Gasteiger partial charge is 0.220 e. The largest absolute Gasteiger partial charge is 0.483 e. The summed E-state index contributed by atoms with van der Waals surface area (Å²) in [7, 11) is 0. The van der Waals surface area contributed by atoms with Crippen LogP contribution in [0.2, 0.25) is 0 Å². The van der Waals surface area contributed by atoms with Crippen LogP contribution >= 0.6 is 0 Å². The van der Waals surface area contributed by atoms with Gasteiger partial charge in [0.15, 0.2) is 5.76 Å². The number of rotatable bonds is 2. The molecule has 0 bridgehead atoms. The molecule has 0 fully saturated rings. The number of ether oxygens (including phenoxy) is 1. The van der Waals surface area contributed by atoms with Gasteiger partial charge in [-0.3, -0.25) is 4.79 Å². The van der Waals surface area contributed by atoms with Crippen LogP contribution in [0.15, 0.2) is 41.3 Å². The van der Waals surface area contributed by atoms with Crippen LogP contribution in [0, 0.1) is 0 Å². The molecule has 3 rings (SSSR count). The van der Waals surface area contributed by atoms with Crippen molar-refractivity contribution in [1.82, 2.24) is 0 Å². The number of ketones is 1. The van der Waals surface area contributed by atoms with Crippen LogP contribution in [0.25, 0.3) is 17.0 Å². The van der Waals surface area contributed by atoms with Crippen molar-refractivity contribution in [2.45, 2.75) is 19.4 Å². The SMILES string of the molecule is C=CC(=O)c1cc2ccc3c(c2o1)C=CC(C)(C)O3. The van der Waals surface area contributed by atoms with Gasteiger partial charge in [-0.25, -0.2) is 0 Å². The quantitative estimate of drug-likeness (QED) is 0.601.